The van der Waals surface area contributed by atoms with Crippen LogP contribution in [-0.4, -0.2) is 47.5 Å². The Hall–Kier alpha value is -2.59. The quantitative estimate of drug-likeness (QED) is 0.259. The van der Waals surface area contributed by atoms with Crippen molar-refractivity contribution in [3.63, 3.8) is 0 Å². The minimum atomic E-state index is -0.811. The average molecular weight is 498 g/mol. The number of carbonyl (C=O) groups is 1. The lowest BCUT2D eigenvalue weighted by Gasteiger charge is -2.31. The molecule has 0 aromatic heterocycles. The molecule has 1 fully saturated rings. The Balaban J connectivity index is 1.34. The number of nitrogens with zero attached hydrogens (tertiary/aromatic N) is 1. The van der Waals surface area contributed by atoms with E-state index in [0.29, 0.717) is 10.8 Å². The average Bonchev–Trinajstić information content (AvgIpc) is 2.79. The minimum Gasteiger partial charge on any atom is -0.489 e. The van der Waals surface area contributed by atoms with E-state index >= 15 is 0 Å². The van der Waals surface area contributed by atoms with Crippen LogP contribution in [0.15, 0.2) is 42.5 Å². The molecule has 33 heavy (non-hydrogen) atoms. The van der Waals surface area contributed by atoms with E-state index in [1.807, 2.05) is 0 Å². The number of hydrogen-bond acceptors (Lipinski definition) is 7. The highest BCUT2D eigenvalue weighted by atomic mass is 35.5. The number of amides is 1. The molecule has 0 spiro atoms. The summed E-state index contributed by atoms with van der Waals surface area (Å²) in [4.78, 5) is 22.5. The molecule has 1 amide bonds. The Bertz CT molecular complexity index is 952. The monoisotopic (exact) mass is 497 g/mol. The molecular formula is C22H25Cl2N3O6. The van der Waals surface area contributed by atoms with Crippen LogP contribution < -0.4 is 20.1 Å². The molecule has 0 bridgehead atoms. The van der Waals surface area contributed by atoms with Gasteiger partial charge in [0.2, 0.25) is 0 Å². The van der Waals surface area contributed by atoms with Crippen LogP contribution in [0.25, 0.3) is 0 Å². The zero-order valence-corrected chi connectivity index (χ0v) is 19.2. The zero-order valence-electron chi connectivity index (χ0n) is 17.7. The third-order valence-corrected chi connectivity index (χ3v) is 5.80. The molecule has 9 nitrogen and oxygen atoms in total. The van der Waals surface area contributed by atoms with E-state index in [9.17, 15) is 20.0 Å². The molecule has 1 atom stereocenters. The smallest absolute Gasteiger partial charge is 0.291 e. The molecule has 2 aromatic rings. The third kappa shape index (κ3) is 8.04. The van der Waals surface area contributed by atoms with Crippen LogP contribution in [0.2, 0.25) is 10.0 Å². The fraction of sp³-hybridized carbons (Fsp3) is 0.409. The Morgan fingerprint density at radius 2 is 1.70 bits per heavy atom. The predicted octanol–water partition coefficient (Wildman–Crippen LogP) is 3.69. The molecule has 0 aliphatic heterocycles. The van der Waals surface area contributed by atoms with Crippen molar-refractivity contribution in [3.05, 3.63) is 62.6 Å². The molecule has 3 N–H and O–H groups in total. The zero-order chi connectivity index (χ0) is 23.8. The lowest BCUT2D eigenvalue weighted by Crippen LogP contribution is -2.47. The van der Waals surface area contributed by atoms with Gasteiger partial charge in [-0.1, -0.05) is 23.2 Å². The maximum Gasteiger partial charge on any atom is 0.291 e. The summed E-state index contributed by atoms with van der Waals surface area (Å²) in [6.07, 6.45) is 2.26. The molecule has 0 radical (unpaired) electrons. The second kappa shape index (κ2) is 12.0. The number of nitro groups is 1. The molecule has 0 heterocycles. The van der Waals surface area contributed by atoms with Gasteiger partial charge in [-0.05, 0) is 62.1 Å². The van der Waals surface area contributed by atoms with Gasteiger partial charge < -0.3 is 19.9 Å². The van der Waals surface area contributed by atoms with E-state index in [4.69, 9.17) is 32.7 Å². The number of hydrogen-bond donors (Lipinski definition) is 3. The molecule has 11 heteroatoms. The van der Waals surface area contributed by atoms with Gasteiger partial charge in [0, 0.05) is 17.1 Å². The van der Waals surface area contributed by atoms with Crippen molar-refractivity contribution in [2.75, 3.05) is 13.2 Å². The van der Waals surface area contributed by atoms with Crippen LogP contribution >= 0.6 is 23.2 Å². The van der Waals surface area contributed by atoms with E-state index in [-0.39, 0.29) is 47.7 Å². The molecule has 1 aliphatic carbocycles. The number of aliphatic hydroxyl groups is 1. The van der Waals surface area contributed by atoms with Crippen LogP contribution in [0.3, 0.4) is 0 Å². The summed E-state index contributed by atoms with van der Waals surface area (Å²) in [5.41, 5.74) is -0.277. The van der Waals surface area contributed by atoms with Crippen LogP contribution in [-0.2, 0) is 4.79 Å². The summed E-state index contributed by atoms with van der Waals surface area (Å²) in [5, 5.41) is 27.8. The van der Waals surface area contributed by atoms with Gasteiger partial charge in [0.1, 0.15) is 29.4 Å². The van der Waals surface area contributed by atoms with Gasteiger partial charge >= 0.3 is 0 Å². The molecule has 1 unspecified atom stereocenters. The summed E-state index contributed by atoms with van der Waals surface area (Å²) in [6.45, 7) is -0.143. The molecule has 2 aromatic carbocycles. The topological polar surface area (TPSA) is 123 Å². The highest BCUT2D eigenvalue weighted by Crippen LogP contribution is 2.28. The van der Waals surface area contributed by atoms with E-state index in [1.165, 1.54) is 18.2 Å². The summed E-state index contributed by atoms with van der Waals surface area (Å²) in [7, 11) is 0. The fourth-order valence-corrected chi connectivity index (χ4v) is 3.88. The van der Waals surface area contributed by atoms with Gasteiger partial charge in [-0.2, -0.15) is 0 Å². The van der Waals surface area contributed by atoms with E-state index in [2.05, 4.69) is 10.6 Å². The van der Waals surface area contributed by atoms with Crippen LogP contribution in [0.4, 0.5) is 5.69 Å². The van der Waals surface area contributed by atoms with Crippen molar-refractivity contribution in [2.45, 2.75) is 44.0 Å². The Labute approximate surface area is 201 Å². The lowest BCUT2D eigenvalue weighted by molar-refractivity contribution is -0.384. The first-order valence-electron chi connectivity index (χ1n) is 10.5. The number of carbonyl (C=O) groups excluding carboxylic acids is 1. The summed E-state index contributed by atoms with van der Waals surface area (Å²) in [6, 6.07) is 11.1. The van der Waals surface area contributed by atoms with Crippen molar-refractivity contribution in [2.24, 2.45) is 0 Å². The van der Waals surface area contributed by atoms with Crippen molar-refractivity contribution < 1.29 is 24.3 Å². The first kappa shape index (κ1) is 25.0. The Morgan fingerprint density at radius 1 is 1.06 bits per heavy atom. The number of rotatable bonds is 10. The Kier molecular flexibility index (Phi) is 9.13. The largest absolute Gasteiger partial charge is 0.489 e. The Morgan fingerprint density at radius 3 is 2.36 bits per heavy atom. The number of nitrogens with one attached hydrogen (secondary N) is 2. The molecule has 3 rings (SSSR count). The third-order valence-electron chi connectivity index (χ3n) is 5.23. The maximum atomic E-state index is 12.2. The number of ether oxygens (including phenoxy) is 2. The van der Waals surface area contributed by atoms with Gasteiger partial charge in [-0.25, -0.2) is 0 Å². The SMILES string of the molecule is O=C(COc1ccc(Cl)c([N+](=O)[O-])c1)NC1CCC(NC(O)COc2ccc(Cl)cc2)CC1. The molecule has 178 valence electrons. The number of aliphatic hydroxyl groups excluding tert-OH is 1. The number of halogens is 2. The van der Waals surface area contributed by atoms with E-state index in [1.54, 1.807) is 24.3 Å². The number of nitro benzene ring substituents is 1. The summed E-state index contributed by atoms with van der Waals surface area (Å²) in [5.74, 6) is 0.520. The highest BCUT2D eigenvalue weighted by molar-refractivity contribution is 6.32. The maximum absolute atomic E-state index is 12.2. The second-order valence-electron chi connectivity index (χ2n) is 7.72. The van der Waals surface area contributed by atoms with Gasteiger partial charge in [-0.3, -0.25) is 20.2 Å². The van der Waals surface area contributed by atoms with Gasteiger partial charge in [0.15, 0.2) is 6.61 Å². The molecule has 0 saturated heterocycles. The van der Waals surface area contributed by atoms with Crippen molar-refractivity contribution in [1.29, 1.82) is 0 Å². The van der Waals surface area contributed by atoms with Crippen molar-refractivity contribution >= 4 is 34.8 Å². The van der Waals surface area contributed by atoms with E-state index in [0.717, 1.165) is 25.7 Å². The van der Waals surface area contributed by atoms with Crippen LogP contribution in [0.1, 0.15) is 25.7 Å². The predicted molar refractivity (Wildman–Crippen MR) is 124 cm³/mol. The van der Waals surface area contributed by atoms with Gasteiger partial charge in [-0.15, -0.1) is 0 Å². The lowest BCUT2D eigenvalue weighted by atomic mass is 9.91. The summed E-state index contributed by atoms with van der Waals surface area (Å²) >= 11 is 11.6. The van der Waals surface area contributed by atoms with Crippen LogP contribution in [0.5, 0.6) is 11.5 Å². The van der Waals surface area contributed by atoms with E-state index < -0.39 is 11.2 Å². The highest BCUT2D eigenvalue weighted by Gasteiger charge is 2.24. The second-order valence-corrected chi connectivity index (χ2v) is 8.57. The van der Waals surface area contributed by atoms with Crippen molar-refractivity contribution in [1.82, 2.24) is 10.6 Å². The molecular weight excluding hydrogens is 473 g/mol. The summed E-state index contributed by atoms with van der Waals surface area (Å²) < 4.78 is 10.9. The minimum absolute atomic E-state index is 0.00108. The standard InChI is InChI=1S/C22H25Cl2N3O6/c23-14-1-7-17(8-2-14)32-12-21(28)25-15-3-5-16(6-4-15)26-22(29)13-33-18-9-10-19(24)20(11-18)27(30)31/h1-2,7-11,15-16,21,25,28H,3-6,12-13H2,(H,26,29). The van der Waals surface area contributed by atoms with Gasteiger partial charge in [0.05, 0.1) is 11.0 Å². The normalized spacial score (nSPS) is 18.9. The van der Waals surface area contributed by atoms with Crippen LogP contribution in [0, 0.1) is 10.1 Å². The first-order valence-corrected chi connectivity index (χ1v) is 11.2. The van der Waals surface area contributed by atoms with Gasteiger partial charge in [0.25, 0.3) is 11.6 Å². The van der Waals surface area contributed by atoms with Crippen molar-refractivity contribution in [3.8, 4) is 11.5 Å². The first-order chi connectivity index (χ1) is 15.8. The molecule has 1 aliphatic rings. The fourth-order valence-electron chi connectivity index (χ4n) is 3.57. The molecule has 1 saturated carbocycles. The number of benzene rings is 2.